The number of rotatable bonds is 11. The Balaban J connectivity index is 1.12. The van der Waals surface area contributed by atoms with E-state index < -0.39 is 6.10 Å². The third-order valence-electron chi connectivity index (χ3n) is 10.5. The van der Waals surface area contributed by atoms with Gasteiger partial charge >= 0.3 is 6.09 Å². The molecule has 0 spiro atoms. The van der Waals surface area contributed by atoms with Gasteiger partial charge in [0.2, 0.25) is 5.91 Å². The van der Waals surface area contributed by atoms with Gasteiger partial charge in [0, 0.05) is 30.3 Å². The van der Waals surface area contributed by atoms with E-state index in [1.165, 1.54) is 22.7 Å². The van der Waals surface area contributed by atoms with E-state index in [9.17, 15) is 14.7 Å². The maximum Gasteiger partial charge on any atom is 0.410 e. The SMILES string of the molecule is C=C(/C=C\C(OC)=C(C)C)C1CCC(CN(C(=O)C2CCC(OC(=O)N3CC(O)C3)CC2)c2cccc(-c3cnc(C4CC4)s3)c2)CC1. The van der Waals surface area contributed by atoms with Crippen LogP contribution in [0.2, 0.25) is 0 Å². The molecule has 3 saturated carbocycles. The largest absolute Gasteiger partial charge is 0.497 e. The minimum Gasteiger partial charge on any atom is -0.497 e. The molecule has 2 heterocycles. The van der Waals surface area contributed by atoms with Gasteiger partial charge in [-0.25, -0.2) is 9.78 Å². The number of β-amino-alcohol motifs (C(OH)–C–C–N with tert-alkyl or cyclic N) is 1. The Kier molecular flexibility index (Phi) is 11.1. The van der Waals surface area contributed by atoms with Crippen LogP contribution in [0.5, 0.6) is 0 Å². The van der Waals surface area contributed by atoms with E-state index in [4.69, 9.17) is 14.5 Å². The van der Waals surface area contributed by atoms with E-state index in [0.29, 0.717) is 63.1 Å². The molecule has 0 atom stereocenters. The molecule has 4 fully saturated rings. The van der Waals surface area contributed by atoms with Crippen LogP contribution in [0.4, 0.5) is 10.5 Å². The summed E-state index contributed by atoms with van der Waals surface area (Å²) < 4.78 is 11.2. The highest BCUT2D eigenvalue weighted by Gasteiger charge is 2.36. The van der Waals surface area contributed by atoms with Gasteiger partial charge in [0.15, 0.2) is 0 Å². The molecule has 2 amide bonds. The smallest absolute Gasteiger partial charge is 0.410 e. The second-order valence-electron chi connectivity index (χ2n) is 14.4. The van der Waals surface area contributed by atoms with Gasteiger partial charge in [-0.15, -0.1) is 11.3 Å². The lowest BCUT2D eigenvalue weighted by molar-refractivity contribution is -0.124. The number of thiazole rings is 1. The van der Waals surface area contributed by atoms with Crippen molar-refractivity contribution in [2.75, 3.05) is 31.6 Å². The molecule has 0 bridgehead atoms. The van der Waals surface area contributed by atoms with Crippen LogP contribution in [0.15, 0.2) is 66.1 Å². The van der Waals surface area contributed by atoms with E-state index in [1.807, 2.05) is 26.1 Å². The molecule has 1 saturated heterocycles. The number of methoxy groups -OCH3 is 1. The van der Waals surface area contributed by atoms with Crippen LogP contribution >= 0.6 is 11.3 Å². The van der Waals surface area contributed by atoms with Crippen molar-refractivity contribution in [3.8, 4) is 10.4 Å². The Morgan fingerprint density at radius 1 is 1.02 bits per heavy atom. The molecular formula is C39H51N3O5S. The minimum absolute atomic E-state index is 0.106. The zero-order chi connectivity index (χ0) is 33.8. The first-order valence-electron chi connectivity index (χ1n) is 17.8. The zero-order valence-electron chi connectivity index (χ0n) is 28.7. The number of likely N-dealkylation sites (tertiary alicyclic amines) is 1. The number of aliphatic hydroxyl groups excluding tert-OH is 1. The van der Waals surface area contributed by atoms with E-state index in [1.54, 1.807) is 18.4 Å². The van der Waals surface area contributed by atoms with Gasteiger partial charge in [-0.1, -0.05) is 30.4 Å². The summed E-state index contributed by atoms with van der Waals surface area (Å²) in [5.41, 5.74) is 4.34. The fraction of sp³-hybridized carbons (Fsp3) is 0.564. The van der Waals surface area contributed by atoms with Crippen LogP contribution in [0, 0.1) is 17.8 Å². The van der Waals surface area contributed by atoms with Gasteiger partial charge in [-0.05, 0) is 119 Å². The van der Waals surface area contributed by atoms with Crippen molar-refractivity contribution in [2.24, 2.45) is 17.8 Å². The van der Waals surface area contributed by atoms with Crippen LogP contribution in [0.3, 0.4) is 0 Å². The Morgan fingerprint density at radius 2 is 1.73 bits per heavy atom. The zero-order valence-corrected chi connectivity index (χ0v) is 29.6. The van der Waals surface area contributed by atoms with Crippen molar-refractivity contribution in [1.29, 1.82) is 0 Å². The van der Waals surface area contributed by atoms with Gasteiger partial charge in [0.25, 0.3) is 0 Å². The Labute approximate surface area is 289 Å². The number of allylic oxidation sites excluding steroid dienone is 4. The highest BCUT2D eigenvalue weighted by atomic mass is 32.1. The number of aliphatic hydroxyl groups is 1. The molecule has 6 rings (SSSR count). The van der Waals surface area contributed by atoms with Crippen LogP contribution in [0.25, 0.3) is 10.4 Å². The monoisotopic (exact) mass is 673 g/mol. The van der Waals surface area contributed by atoms with Gasteiger partial charge < -0.3 is 24.4 Å². The second-order valence-corrected chi connectivity index (χ2v) is 15.5. The molecular weight excluding hydrogens is 623 g/mol. The molecule has 258 valence electrons. The van der Waals surface area contributed by atoms with Gasteiger partial charge in [0.1, 0.15) is 11.9 Å². The summed E-state index contributed by atoms with van der Waals surface area (Å²) in [4.78, 5) is 36.3. The van der Waals surface area contributed by atoms with E-state index >= 15 is 0 Å². The number of carbonyl (C=O) groups excluding carboxylic acids is 2. The topological polar surface area (TPSA) is 92.2 Å². The number of carbonyl (C=O) groups is 2. The second kappa shape index (κ2) is 15.4. The van der Waals surface area contributed by atoms with Crippen molar-refractivity contribution in [3.05, 3.63) is 71.1 Å². The summed E-state index contributed by atoms with van der Waals surface area (Å²) in [5, 5.41) is 10.8. The molecule has 8 nitrogen and oxygen atoms in total. The first-order chi connectivity index (χ1) is 23.2. The molecule has 0 unspecified atom stereocenters. The summed E-state index contributed by atoms with van der Waals surface area (Å²) in [6.45, 7) is 9.85. The lowest BCUT2D eigenvalue weighted by Crippen LogP contribution is -2.54. The lowest BCUT2D eigenvalue weighted by Gasteiger charge is -2.38. The van der Waals surface area contributed by atoms with Gasteiger partial charge in [-0.3, -0.25) is 4.79 Å². The third kappa shape index (κ3) is 8.40. The van der Waals surface area contributed by atoms with Gasteiger partial charge in [-0.2, -0.15) is 0 Å². The van der Waals surface area contributed by atoms with Crippen LogP contribution in [-0.2, 0) is 14.3 Å². The highest BCUT2D eigenvalue weighted by molar-refractivity contribution is 7.15. The van der Waals surface area contributed by atoms with E-state index in [2.05, 4.69) is 41.8 Å². The van der Waals surface area contributed by atoms with E-state index in [-0.39, 0.29) is 24.0 Å². The standard InChI is InChI=1S/C39H51N3O5S/c1-25(2)35(46-4)19-8-26(3)28-11-9-27(10-12-28)22-42(32-7-5-6-31(20-32)36-21-40-37(48-36)29-13-14-29)38(44)30-15-17-34(18-16-30)47-39(45)41-23-33(43)24-41/h5-8,19-21,27-30,33-34,43H,3,9-18,22-24H2,1-2,4H3/b19-8-. The summed E-state index contributed by atoms with van der Waals surface area (Å²) in [6, 6.07) is 8.44. The number of anilines is 1. The number of hydrogen-bond donors (Lipinski definition) is 1. The molecule has 0 radical (unpaired) electrons. The predicted molar refractivity (Wildman–Crippen MR) is 191 cm³/mol. The maximum absolute atomic E-state index is 14.4. The molecule has 9 heteroatoms. The number of benzene rings is 1. The number of hydrogen-bond acceptors (Lipinski definition) is 7. The highest BCUT2D eigenvalue weighted by Crippen LogP contribution is 2.44. The van der Waals surface area contributed by atoms with Crippen molar-refractivity contribution in [3.63, 3.8) is 0 Å². The Morgan fingerprint density at radius 3 is 2.38 bits per heavy atom. The predicted octanol–water partition coefficient (Wildman–Crippen LogP) is 8.25. The summed E-state index contributed by atoms with van der Waals surface area (Å²) in [7, 11) is 1.70. The first-order valence-corrected chi connectivity index (χ1v) is 18.6. The number of aromatic nitrogens is 1. The number of amides is 2. The molecule has 1 aliphatic heterocycles. The summed E-state index contributed by atoms with van der Waals surface area (Å²) in [5.74, 6) is 2.41. The Hall–Kier alpha value is -3.43. The fourth-order valence-electron chi connectivity index (χ4n) is 7.29. The quantitative estimate of drug-likeness (QED) is 0.191. The molecule has 3 aliphatic carbocycles. The molecule has 1 N–H and O–H groups in total. The molecule has 1 aromatic carbocycles. The first kappa shape index (κ1) is 34.4. The third-order valence-corrected chi connectivity index (χ3v) is 11.8. The molecule has 2 aromatic rings. The fourth-order valence-corrected chi connectivity index (χ4v) is 8.37. The van der Waals surface area contributed by atoms with Crippen molar-refractivity contribution in [2.45, 2.75) is 96.2 Å². The van der Waals surface area contributed by atoms with Crippen molar-refractivity contribution < 1.29 is 24.2 Å². The average molecular weight is 674 g/mol. The minimum atomic E-state index is -0.450. The average Bonchev–Trinajstić information content (AvgIpc) is 3.81. The number of nitrogens with zero attached hydrogens (tertiary/aromatic N) is 3. The normalized spacial score (nSPS) is 24.5. The Bertz CT molecular complexity index is 1520. The summed E-state index contributed by atoms with van der Waals surface area (Å²) in [6.07, 6.45) is 14.6. The summed E-state index contributed by atoms with van der Waals surface area (Å²) >= 11 is 1.78. The van der Waals surface area contributed by atoms with E-state index in [0.717, 1.165) is 58.7 Å². The molecule has 4 aliphatic rings. The molecule has 48 heavy (non-hydrogen) atoms. The van der Waals surface area contributed by atoms with Crippen LogP contribution in [0.1, 0.15) is 89.0 Å². The number of ether oxygens (including phenoxy) is 2. The van der Waals surface area contributed by atoms with Crippen molar-refractivity contribution >= 4 is 29.0 Å². The maximum atomic E-state index is 14.4. The molecule has 1 aromatic heterocycles. The lowest BCUT2D eigenvalue weighted by atomic mass is 9.78. The van der Waals surface area contributed by atoms with Gasteiger partial charge in [0.05, 0.1) is 36.2 Å². The van der Waals surface area contributed by atoms with Crippen LogP contribution in [-0.4, -0.2) is 65.9 Å². The van der Waals surface area contributed by atoms with Crippen LogP contribution < -0.4 is 4.90 Å². The van der Waals surface area contributed by atoms with Crippen molar-refractivity contribution in [1.82, 2.24) is 9.88 Å².